The van der Waals surface area contributed by atoms with E-state index < -0.39 is 0 Å². The molecule has 13 heavy (non-hydrogen) atoms. The molecule has 0 fully saturated rings. The third-order valence-electron chi connectivity index (χ3n) is 1.59. The molecule has 0 saturated heterocycles. The van der Waals surface area contributed by atoms with E-state index in [1.165, 1.54) is 6.08 Å². The first-order chi connectivity index (χ1) is 6.24. The summed E-state index contributed by atoms with van der Waals surface area (Å²) in [4.78, 5) is 19.4. The largest absolute Gasteiger partial charge is 0.363 e. The number of anilines is 1. The number of aliphatic imine (C=N–C) groups is 1. The molecule has 0 aromatic carbocycles. The number of isocyanates is 1. The molecular weight excluding hydrogens is 166 g/mol. The number of carbonyl (C=O) groups excluding carboxylic acids is 1. The van der Waals surface area contributed by atoms with Crippen LogP contribution in [0.4, 0.5) is 5.82 Å². The zero-order valence-electron chi connectivity index (χ0n) is 7.69. The minimum absolute atomic E-state index is 0.351. The Morgan fingerprint density at radius 2 is 2.31 bits per heavy atom. The van der Waals surface area contributed by atoms with Gasteiger partial charge in [-0.25, -0.2) is 14.8 Å². The molecule has 0 aliphatic carbocycles. The number of aromatic nitrogens is 1. The molecule has 0 aliphatic heterocycles. The third kappa shape index (κ3) is 2.69. The van der Waals surface area contributed by atoms with Crippen LogP contribution in [0.15, 0.2) is 23.3 Å². The zero-order chi connectivity index (χ0) is 9.68. The molecule has 1 heterocycles. The maximum absolute atomic E-state index is 9.83. The number of hydrogen-bond donors (Lipinski definition) is 0. The average molecular weight is 177 g/mol. The first kappa shape index (κ1) is 9.42. The molecular formula is C9H11N3O. The Morgan fingerprint density at radius 1 is 1.54 bits per heavy atom. The van der Waals surface area contributed by atoms with E-state index in [1.807, 2.05) is 31.1 Å². The fourth-order valence-corrected chi connectivity index (χ4v) is 0.898. The number of nitrogens with zero attached hydrogens (tertiary/aromatic N) is 3. The van der Waals surface area contributed by atoms with Crippen LogP contribution in [0, 0.1) is 0 Å². The van der Waals surface area contributed by atoms with Gasteiger partial charge >= 0.3 is 0 Å². The van der Waals surface area contributed by atoms with Crippen molar-refractivity contribution in [2.45, 2.75) is 6.54 Å². The highest BCUT2D eigenvalue weighted by Crippen LogP contribution is 2.07. The molecule has 1 aromatic heterocycles. The lowest BCUT2D eigenvalue weighted by molar-refractivity contribution is 0.563. The topological polar surface area (TPSA) is 45.6 Å². The molecule has 0 spiro atoms. The van der Waals surface area contributed by atoms with Crippen LogP contribution in [0.3, 0.4) is 0 Å². The van der Waals surface area contributed by atoms with Gasteiger partial charge in [0.1, 0.15) is 5.82 Å². The Balaban J connectivity index is 2.75. The highest BCUT2D eigenvalue weighted by Gasteiger charge is 1.96. The van der Waals surface area contributed by atoms with Crippen LogP contribution in [0.2, 0.25) is 0 Å². The van der Waals surface area contributed by atoms with Gasteiger partial charge in [-0.3, -0.25) is 0 Å². The van der Waals surface area contributed by atoms with Gasteiger partial charge in [0, 0.05) is 20.3 Å². The zero-order valence-corrected chi connectivity index (χ0v) is 7.69. The second kappa shape index (κ2) is 4.38. The summed E-state index contributed by atoms with van der Waals surface area (Å²) < 4.78 is 0. The highest BCUT2D eigenvalue weighted by atomic mass is 16.1. The Morgan fingerprint density at radius 3 is 2.77 bits per heavy atom. The first-order valence-electron chi connectivity index (χ1n) is 3.90. The summed E-state index contributed by atoms with van der Waals surface area (Å²) >= 11 is 0. The Bertz CT molecular complexity index is 312. The van der Waals surface area contributed by atoms with Crippen molar-refractivity contribution >= 4 is 11.9 Å². The average Bonchev–Trinajstić information content (AvgIpc) is 2.15. The van der Waals surface area contributed by atoms with Crippen molar-refractivity contribution in [1.82, 2.24) is 4.98 Å². The van der Waals surface area contributed by atoms with Crippen LogP contribution in [0.5, 0.6) is 0 Å². The summed E-state index contributed by atoms with van der Waals surface area (Å²) in [6, 6.07) is 3.78. The normalized spacial score (nSPS) is 9.08. The summed E-state index contributed by atoms with van der Waals surface area (Å²) in [5.41, 5.74) is 0.911. The van der Waals surface area contributed by atoms with Gasteiger partial charge in [-0.05, 0) is 11.6 Å². The predicted octanol–water partition coefficient (Wildman–Crippen LogP) is 0.983. The fraction of sp³-hybridized carbons (Fsp3) is 0.333. The van der Waals surface area contributed by atoms with Gasteiger partial charge < -0.3 is 4.90 Å². The van der Waals surface area contributed by atoms with Crippen molar-refractivity contribution in [3.63, 3.8) is 0 Å². The Kier molecular flexibility index (Phi) is 3.17. The molecule has 1 aromatic rings. The lowest BCUT2D eigenvalue weighted by Gasteiger charge is -2.10. The van der Waals surface area contributed by atoms with Crippen molar-refractivity contribution in [1.29, 1.82) is 0 Å². The van der Waals surface area contributed by atoms with Crippen molar-refractivity contribution < 1.29 is 4.79 Å². The molecule has 1 rings (SSSR count). The van der Waals surface area contributed by atoms with E-state index in [2.05, 4.69) is 9.98 Å². The molecule has 0 bridgehead atoms. The Hall–Kier alpha value is -1.67. The lowest BCUT2D eigenvalue weighted by Crippen LogP contribution is -2.10. The minimum Gasteiger partial charge on any atom is -0.363 e. The second-order valence-corrected chi connectivity index (χ2v) is 2.83. The molecule has 0 atom stereocenters. The van der Waals surface area contributed by atoms with Gasteiger partial charge in [0.15, 0.2) is 0 Å². The van der Waals surface area contributed by atoms with Crippen LogP contribution < -0.4 is 4.90 Å². The Labute approximate surface area is 76.9 Å². The molecule has 0 amide bonds. The van der Waals surface area contributed by atoms with Crippen molar-refractivity contribution in [3.05, 3.63) is 23.9 Å². The fourth-order valence-electron chi connectivity index (χ4n) is 0.898. The van der Waals surface area contributed by atoms with Crippen LogP contribution >= 0.6 is 0 Å². The monoisotopic (exact) mass is 177 g/mol. The maximum atomic E-state index is 9.83. The first-order valence-corrected chi connectivity index (χ1v) is 3.90. The van der Waals surface area contributed by atoms with Crippen molar-refractivity contribution in [2.75, 3.05) is 19.0 Å². The van der Waals surface area contributed by atoms with Crippen LogP contribution in [0.1, 0.15) is 5.56 Å². The van der Waals surface area contributed by atoms with E-state index in [1.54, 1.807) is 6.20 Å². The SMILES string of the molecule is CN(C)c1ccc(CN=C=O)cn1. The standard InChI is InChI=1S/C9H11N3O/c1-12(2)9-4-3-8(6-11-9)5-10-7-13/h3-4,6H,5H2,1-2H3. The van der Waals surface area contributed by atoms with Gasteiger partial charge in [-0.1, -0.05) is 6.07 Å². The van der Waals surface area contributed by atoms with E-state index in [9.17, 15) is 4.79 Å². The van der Waals surface area contributed by atoms with Gasteiger partial charge in [0.2, 0.25) is 6.08 Å². The quantitative estimate of drug-likeness (QED) is 0.510. The van der Waals surface area contributed by atoms with Crippen LogP contribution in [-0.2, 0) is 11.3 Å². The molecule has 4 nitrogen and oxygen atoms in total. The molecule has 0 N–H and O–H groups in total. The number of pyridine rings is 1. The smallest absolute Gasteiger partial charge is 0.235 e. The van der Waals surface area contributed by atoms with E-state index in [-0.39, 0.29) is 0 Å². The summed E-state index contributed by atoms with van der Waals surface area (Å²) in [5.74, 6) is 0.888. The van der Waals surface area contributed by atoms with E-state index in [4.69, 9.17) is 0 Å². The van der Waals surface area contributed by atoms with Crippen molar-refractivity contribution in [3.8, 4) is 0 Å². The van der Waals surface area contributed by atoms with Gasteiger partial charge in [-0.15, -0.1) is 0 Å². The minimum atomic E-state index is 0.351. The van der Waals surface area contributed by atoms with Gasteiger partial charge in [-0.2, -0.15) is 0 Å². The summed E-state index contributed by atoms with van der Waals surface area (Å²) in [6.45, 7) is 0.351. The van der Waals surface area contributed by atoms with E-state index >= 15 is 0 Å². The van der Waals surface area contributed by atoms with Crippen molar-refractivity contribution in [2.24, 2.45) is 4.99 Å². The number of rotatable bonds is 3. The van der Waals surface area contributed by atoms with E-state index in [0.29, 0.717) is 6.54 Å². The number of hydrogen-bond acceptors (Lipinski definition) is 4. The highest BCUT2D eigenvalue weighted by molar-refractivity contribution is 5.38. The third-order valence-corrected chi connectivity index (χ3v) is 1.59. The molecule has 0 unspecified atom stereocenters. The molecule has 4 heteroatoms. The summed E-state index contributed by atoms with van der Waals surface area (Å²) in [6.07, 6.45) is 3.19. The molecule has 68 valence electrons. The molecule has 0 radical (unpaired) electrons. The van der Waals surface area contributed by atoms with E-state index in [0.717, 1.165) is 11.4 Å². The van der Waals surface area contributed by atoms with Crippen LogP contribution in [0.25, 0.3) is 0 Å². The van der Waals surface area contributed by atoms with Gasteiger partial charge in [0.25, 0.3) is 0 Å². The summed E-state index contributed by atoms with van der Waals surface area (Å²) in [5, 5.41) is 0. The molecule has 0 aliphatic rings. The lowest BCUT2D eigenvalue weighted by atomic mass is 10.3. The maximum Gasteiger partial charge on any atom is 0.235 e. The summed E-state index contributed by atoms with van der Waals surface area (Å²) in [7, 11) is 3.84. The molecule has 0 saturated carbocycles. The predicted molar refractivity (Wildman–Crippen MR) is 50.4 cm³/mol. The van der Waals surface area contributed by atoms with Crippen LogP contribution in [-0.4, -0.2) is 25.2 Å². The second-order valence-electron chi connectivity index (χ2n) is 2.83. The van der Waals surface area contributed by atoms with Gasteiger partial charge in [0.05, 0.1) is 6.54 Å².